The van der Waals surface area contributed by atoms with Crippen LogP contribution in [-0.2, 0) is 11.3 Å². The lowest BCUT2D eigenvalue weighted by molar-refractivity contribution is 0.183. The lowest BCUT2D eigenvalue weighted by Crippen LogP contribution is -2.35. The zero-order valence-corrected chi connectivity index (χ0v) is 13.0. The van der Waals surface area contributed by atoms with E-state index in [1.54, 1.807) is 7.11 Å². The molecule has 1 N–H and O–H groups in total. The number of anilines is 1. The number of nitrogens with zero attached hydrogens (tertiary/aromatic N) is 2. The summed E-state index contributed by atoms with van der Waals surface area (Å²) in [7, 11) is 3.76. The number of hydrogen-bond acceptors (Lipinski definition) is 4. The van der Waals surface area contributed by atoms with Crippen LogP contribution in [0.4, 0.5) is 5.82 Å². The largest absolute Gasteiger partial charge is 0.383 e. The third kappa shape index (κ3) is 5.57. The molecule has 0 amide bonds. The summed E-state index contributed by atoms with van der Waals surface area (Å²) in [4.78, 5) is 6.64. The predicted molar refractivity (Wildman–Crippen MR) is 80.6 cm³/mol. The van der Waals surface area contributed by atoms with E-state index in [2.05, 4.69) is 55.0 Å². The van der Waals surface area contributed by atoms with Crippen LogP contribution in [0.1, 0.15) is 33.3 Å². The summed E-state index contributed by atoms with van der Waals surface area (Å²) in [5.74, 6) is 0.976. The van der Waals surface area contributed by atoms with Gasteiger partial charge < -0.3 is 15.0 Å². The summed E-state index contributed by atoms with van der Waals surface area (Å²) in [5, 5.41) is 3.46. The molecule has 4 heteroatoms. The zero-order chi connectivity index (χ0) is 14.5. The van der Waals surface area contributed by atoms with Crippen LogP contribution < -0.4 is 10.2 Å². The second kappa shape index (κ2) is 6.87. The van der Waals surface area contributed by atoms with Gasteiger partial charge in [-0.25, -0.2) is 4.98 Å². The molecule has 0 spiro atoms. The molecule has 0 fully saturated rings. The fourth-order valence-corrected chi connectivity index (χ4v) is 1.68. The Morgan fingerprint density at radius 1 is 1.37 bits per heavy atom. The number of methoxy groups -OCH3 is 1. The highest BCUT2D eigenvalue weighted by Gasteiger charge is 2.11. The molecule has 4 nitrogen and oxygen atoms in total. The molecule has 1 atom stereocenters. The number of nitrogens with one attached hydrogen (secondary N) is 1. The van der Waals surface area contributed by atoms with Crippen LogP contribution in [0.15, 0.2) is 18.3 Å². The van der Waals surface area contributed by atoms with E-state index in [9.17, 15) is 0 Å². The van der Waals surface area contributed by atoms with E-state index in [1.165, 1.54) is 5.56 Å². The molecule has 0 aliphatic carbocycles. The molecule has 1 unspecified atom stereocenters. The molecule has 0 radical (unpaired) electrons. The third-order valence-electron chi connectivity index (χ3n) is 3.06. The standard InChI is InChI=1S/C15H27N3O/c1-12(11-19-6)18(5)14-8-7-13(9-16-14)10-17-15(2,3)4/h7-9,12,17H,10-11H2,1-6H3. The van der Waals surface area contributed by atoms with Crippen LogP contribution in [-0.4, -0.2) is 37.3 Å². The average Bonchev–Trinajstić information content (AvgIpc) is 2.35. The summed E-state index contributed by atoms with van der Waals surface area (Å²) in [6, 6.07) is 4.50. The first-order chi connectivity index (χ1) is 8.83. The van der Waals surface area contributed by atoms with Crippen molar-refractivity contribution in [1.29, 1.82) is 0 Å². The summed E-state index contributed by atoms with van der Waals surface area (Å²) in [6.45, 7) is 10.2. The van der Waals surface area contributed by atoms with Crippen molar-refractivity contribution in [3.8, 4) is 0 Å². The molecular formula is C15H27N3O. The Balaban J connectivity index is 2.60. The molecule has 0 saturated heterocycles. The maximum absolute atomic E-state index is 5.17. The van der Waals surface area contributed by atoms with Gasteiger partial charge in [-0.15, -0.1) is 0 Å². The SMILES string of the molecule is COCC(C)N(C)c1ccc(CNC(C)(C)C)cn1. The van der Waals surface area contributed by atoms with Crippen LogP contribution in [0.5, 0.6) is 0 Å². The Kier molecular flexibility index (Phi) is 5.76. The van der Waals surface area contributed by atoms with Gasteiger partial charge in [0.2, 0.25) is 0 Å². The van der Waals surface area contributed by atoms with Gasteiger partial charge in [0.1, 0.15) is 5.82 Å². The van der Waals surface area contributed by atoms with Crippen molar-refractivity contribution in [2.75, 3.05) is 25.7 Å². The number of aromatic nitrogens is 1. The minimum atomic E-state index is 0.127. The molecule has 1 heterocycles. The zero-order valence-electron chi connectivity index (χ0n) is 13.0. The van der Waals surface area contributed by atoms with Crippen molar-refractivity contribution in [3.05, 3.63) is 23.9 Å². The van der Waals surface area contributed by atoms with Gasteiger partial charge >= 0.3 is 0 Å². The van der Waals surface area contributed by atoms with E-state index >= 15 is 0 Å². The van der Waals surface area contributed by atoms with Gasteiger partial charge in [-0.2, -0.15) is 0 Å². The highest BCUT2D eigenvalue weighted by atomic mass is 16.5. The first kappa shape index (κ1) is 15.9. The highest BCUT2D eigenvalue weighted by Crippen LogP contribution is 2.13. The van der Waals surface area contributed by atoms with Crippen molar-refractivity contribution in [3.63, 3.8) is 0 Å². The Labute approximate surface area is 117 Å². The Hall–Kier alpha value is -1.13. The first-order valence-electron chi connectivity index (χ1n) is 6.75. The topological polar surface area (TPSA) is 37.4 Å². The van der Waals surface area contributed by atoms with Crippen molar-refractivity contribution in [2.24, 2.45) is 0 Å². The van der Waals surface area contributed by atoms with Crippen molar-refractivity contribution < 1.29 is 4.74 Å². The maximum Gasteiger partial charge on any atom is 0.128 e. The van der Waals surface area contributed by atoms with Crippen LogP contribution in [0.2, 0.25) is 0 Å². The van der Waals surface area contributed by atoms with Gasteiger partial charge in [0.25, 0.3) is 0 Å². The van der Waals surface area contributed by atoms with Crippen LogP contribution in [0.3, 0.4) is 0 Å². The molecule has 0 bridgehead atoms. The average molecular weight is 265 g/mol. The lowest BCUT2D eigenvalue weighted by Gasteiger charge is -2.25. The molecule has 0 aliphatic heterocycles. The van der Waals surface area contributed by atoms with Gasteiger partial charge in [-0.1, -0.05) is 6.07 Å². The van der Waals surface area contributed by atoms with Crippen molar-refractivity contribution in [2.45, 2.75) is 45.8 Å². The number of ether oxygens (including phenoxy) is 1. The minimum Gasteiger partial charge on any atom is -0.383 e. The Bertz CT molecular complexity index is 370. The fourth-order valence-electron chi connectivity index (χ4n) is 1.68. The summed E-state index contributed by atoms with van der Waals surface area (Å²) in [6.07, 6.45) is 1.93. The van der Waals surface area contributed by atoms with Crippen LogP contribution in [0.25, 0.3) is 0 Å². The summed E-state index contributed by atoms with van der Waals surface area (Å²) in [5.41, 5.74) is 1.33. The smallest absolute Gasteiger partial charge is 0.128 e. The highest BCUT2D eigenvalue weighted by molar-refractivity contribution is 5.39. The van der Waals surface area contributed by atoms with E-state index in [4.69, 9.17) is 4.74 Å². The quantitative estimate of drug-likeness (QED) is 0.857. The van der Waals surface area contributed by atoms with E-state index in [0.717, 1.165) is 12.4 Å². The number of rotatable bonds is 6. The molecule has 19 heavy (non-hydrogen) atoms. The Morgan fingerprint density at radius 2 is 2.05 bits per heavy atom. The molecule has 108 valence electrons. The minimum absolute atomic E-state index is 0.127. The Morgan fingerprint density at radius 3 is 2.53 bits per heavy atom. The third-order valence-corrected chi connectivity index (χ3v) is 3.06. The molecule has 0 aliphatic rings. The number of hydrogen-bond donors (Lipinski definition) is 1. The molecule has 1 aromatic rings. The van der Waals surface area contributed by atoms with E-state index in [1.807, 2.05) is 13.2 Å². The normalized spacial score (nSPS) is 13.4. The van der Waals surface area contributed by atoms with Gasteiger partial charge in [0, 0.05) is 32.4 Å². The van der Waals surface area contributed by atoms with E-state index < -0.39 is 0 Å². The van der Waals surface area contributed by atoms with Gasteiger partial charge in [-0.05, 0) is 39.3 Å². The van der Waals surface area contributed by atoms with Crippen LogP contribution in [0, 0.1) is 0 Å². The van der Waals surface area contributed by atoms with Gasteiger partial charge in [0.15, 0.2) is 0 Å². The molecule has 0 aromatic carbocycles. The predicted octanol–water partition coefficient (Wildman–Crippen LogP) is 2.44. The van der Waals surface area contributed by atoms with Gasteiger partial charge in [0.05, 0.1) is 12.6 Å². The molecular weight excluding hydrogens is 238 g/mol. The van der Waals surface area contributed by atoms with Crippen molar-refractivity contribution >= 4 is 5.82 Å². The van der Waals surface area contributed by atoms with Gasteiger partial charge in [-0.3, -0.25) is 0 Å². The monoisotopic (exact) mass is 265 g/mol. The van der Waals surface area contributed by atoms with E-state index in [-0.39, 0.29) is 5.54 Å². The fraction of sp³-hybridized carbons (Fsp3) is 0.667. The second-order valence-electron chi connectivity index (χ2n) is 6.04. The lowest BCUT2D eigenvalue weighted by atomic mass is 10.1. The number of likely N-dealkylation sites (N-methyl/N-ethyl adjacent to an activating group) is 1. The summed E-state index contributed by atoms with van der Waals surface area (Å²) < 4.78 is 5.17. The molecule has 0 saturated carbocycles. The number of pyridine rings is 1. The first-order valence-corrected chi connectivity index (χ1v) is 6.75. The second-order valence-corrected chi connectivity index (χ2v) is 6.04. The maximum atomic E-state index is 5.17. The van der Waals surface area contributed by atoms with E-state index in [0.29, 0.717) is 12.6 Å². The molecule has 1 aromatic heterocycles. The van der Waals surface area contributed by atoms with Crippen molar-refractivity contribution in [1.82, 2.24) is 10.3 Å². The summed E-state index contributed by atoms with van der Waals surface area (Å²) >= 11 is 0. The molecule has 1 rings (SSSR count). The van der Waals surface area contributed by atoms with Crippen LogP contribution >= 0.6 is 0 Å².